The summed E-state index contributed by atoms with van der Waals surface area (Å²) in [6.07, 6.45) is -0.490. The molecule has 4 heteroatoms. The van der Waals surface area contributed by atoms with Crippen molar-refractivity contribution in [3.05, 3.63) is 35.4 Å². The van der Waals surface area contributed by atoms with E-state index < -0.39 is 6.10 Å². The molecule has 1 aromatic rings. The van der Waals surface area contributed by atoms with E-state index in [1.165, 1.54) is 5.56 Å². The van der Waals surface area contributed by atoms with Gasteiger partial charge in [-0.2, -0.15) is 0 Å². The van der Waals surface area contributed by atoms with Crippen LogP contribution in [0.25, 0.3) is 0 Å². The standard InChI is InChI=1S/C16H24N2O2/c1-16(2,3)13-6-4-12(5-7-13)15(20)18-9-8-17-10-14(19)11-18/h4-7,14,17,19H,8-11H2,1-3H3. The number of β-amino-alcohol motifs (C(OH)–C–C–N with tert-alkyl or cyclic N) is 1. The molecule has 1 saturated heterocycles. The van der Waals surface area contributed by atoms with E-state index >= 15 is 0 Å². The Hall–Kier alpha value is -1.39. The first-order valence-corrected chi connectivity index (χ1v) is 7.16. The summed E-state index contributed by atoms with van der Waals surface area (Å²) < 4.78 is 0. The molecule has 2 rings (SSSR count). The van der Waals surface area contributed by atoms with Gasteiger partial charge in [0.1, 0.15) is 0 Å². The summed E-state index contributed by atoms with van der Waals surface area (Å²) in [5, 5.41) is 12.9. The predicted molar refractivity (Wildman–Crippen MR) is 79.9 cm³/mol. The maximum atomic E-state index is 12.4. The van der Waals surface area contributed by atoms with Crippen LogP contribution in [0.2, 0.25) is 0 Å². The van der Waals surface area contributed by atoms with Gasteiger partial charge in [-0.1, -0.05) is 32.9 Å². The van der Waals surface area contributed by atoms with Gasteiger partial charge >= 0.3 is 0 Å². The van der Waals surface area contributed by atoms with E-state index in [4.69, 9.17) is 0 Å². The summed E-state index contributed by atoms with van der Waals surface area (Å²) >= 11 is 0. The normalized spacial score (nSPS) is 20.6. The molecule has 1 atom stereocenters. The molecule has 0 saturated carbocycles. The lowest BCUT2D eigenvalue weighted by Gasteiger charge is -2.23. The van der Waals surface area contributed by atoms with Crippen LogP contribution in [-0.4, -0.2) is 48.2 Å². The highest BCUT2D eigenvalue weighted by Gasteiger charge is 2.22. The van der Waals surface area contributed by atoms with Crippen molar-refractivity contribution in [2.75, 3.05) is 26.2 Å². The number of nitrogens with one attached hydrogen (secondary N) is 1. The number of carbonyl (C=O) groups excluding carboxylic acids is 1. The lowest BCUT2D eigenvalue weighted by molar-refractivity contribution is 0.0673. The lowest BCUT2D eigenvalue weighted by Crippen LogP contribution is -2.37. The highest BCUT2D eigenvalue weighted by molar-refractivity contribution is 5.94. The fourth-order valence-electron chi connectivity index (χ4n) is 2.37. The van der Waals surface area contributed by atoms with Crippen molar-refractivity contribution in [3.8, 4) is 0 Å². The van der Waals surface area contributed by atoms with Crippen LogP contribution in [0.3, 0.4) is 0 Å². The fraction of sp³-hybridized carbons (Fsp3) is 0.562. The Balaban J connectivity index is 2.12. The molecule has 1 aliphatic rings. The molecule has 1 fully saturated rings. The van der Waals surface area contributed by atoms with E-state index in [1.54, 1.807) is 4.90 Å². The molecule has 4 nitrogen and oxygen atoms in total. The fourth-order valence-corrected chi connectivity index (χ4v) is 2.37. The van der Waals surface area contributed by atoms with Gasteiger partial charge in [-0.25, -0.2) is 0 Å². The smallest absolute Gasteiger partial charge is 0.253 e. The summed E-state index contributed by atoms with van der Waals surface area (Å²) in [6.45, 7) is 8.77. The second-order valence-corrected chi connectivity index (χ2v) is 6.44. The van der Waals surface area contributed by atoms with E-state index in [1.807, 2.05) is 24.3 Å². The Labute approximate surface area is 120 Å². The minimum absolute atomic E-state index is 0.00629. The van der Waals surface area contributed by atoms with Crippen LogP contribution in [0, 0.1) is 0 Å². The molecule has 0 aliphatic carbocycles. The van der Waals surface area contributed by atoms with Gasteiger partial charge in [0.05, 0.1) is 6.10 Å². The Kier molecular flexibility index (Phi) is 4.45. The third-order valence-electron chi connectivity index (χ3n) is 3.65. The van der Waals surface area contributed by atoms with Crippen LogP contribution < -0.4 is 5.32 Å². The Morgan fingerprint density at radius 3 is 2.55 bits per heavy atom. The van der Waals surface area contributed by atoms with Crippen LogP contribution in [0.4, 0.5) is 0 Å². The largest absolute Gasteiger partial charge is 0.390 e. The number of amides is 1. The first-order chi connectivity index (χ1) is 9.38. The van der Waals surface area contributed by atoms with Crippen molar-refractivity contribution in [1.82, 2.24) is 10.2 Å². The topological polar surface area (TPSA) is 52.6 Å². The van der Waals surface area contributed by atoms with Crippen molar-refractivity contribution >= 4 is 5.91 Å². The second-order valence-electron chi connectivity index (χ2n) is 6.44. The van der Waals surface area contributed by atoms with Gasteiger partial charge < -0.3 is 15.3 Å². The van der Waals surface area contributed by atoms with Crippen molar-refractivity contribution in [1.29, 1.82) is 0 Å². The third-order valence-corrected chi connectivity index (χ3v) is 3.65. The van der Waals surface area contributed by atoms with E-state index in [0.29, 0.717) is 25.2 Å². The van der Waals surface area contributed by atoms with Gasteiger partial charge in [0.25, 0.3) is 5.91 Å². The van der Waals surface area contributed by atoms with Gasteiger partial charge in [0, 0.05) is 31.7 Å². The summed E-state index contributed by atoms with van der Waals surface area (Å²) in [4.78, 5) is 14.2. The minimum Gasteiger partial charge on any atom is -0.390 e. The molecule has 2 N–H and O–H groups in total. The molecule has 1 unspecified atom stereocenters. The highest BCUT2D eigenvalue weighted by Crippen LogP contribution is 2.22. The summed E-state index contributed by atoms with van der Waals surface area (Å²) in [5.74, 6) is -0.00629. The van der Waals surface area contributed by atoms with Gasteiger partial charge in [-0.05, 0) is 23.1 Å². The van der Waals surface area contributed by atoms with E-state index in [2.05, 4.69) is 26.1 Å². The molecule has 0 bridgehead atoms. The summed E-state index contributed by atoms with van der Waals surface area (Å²) in [7, 11) is 0. The van der Waals surface area contributed by atoms with E-state index in [0.717, 1.165) is 6.54 Å². The lowest BCUT2D eigenvalue weighted by atomic mass is 9.86. The maximum absolute atomic E-state index is 12.4. The molecule has 0 radical (unpaired) electrons. The molecule has 1 aliphatic heterocycles. The van der Waals surface area contributed by atoms with Gasteiger partial charge in [-0.3, -0.25) is 4.79 Å². The van der Waals surface area contributed by atoms with Crippen LogP contribution in [0.15, 0.2) is 24.3 Å². The Bertz CT molecular complexity index is 462. The third kappa shape index (κ3) is 3.58. The number of rotatable bonds is 1. The number of nitrogens with zero attached hydrogens (tertiary/aromatic N) is 1. The average molecular weight is 276 g/mol. The van der Waals surface area contributed by atoms with Gasteiger partial charge in [0.15, 0.2) is 0 Å². The molecule has 110 valence electrons. The molecule has 1 heterocycles. The monoisotopic (exact) mass is 276 g/mol. The van der Waals surface area contributed by atoms with Crippen molar-refractivity contribution < 1.29 is 9.90 Å². The van der Waals surface area contributed by atoms with Gasteiger partial charge in [0.2, 0.25) is 0 Å². The van der Waals surface area contributed by atoms with Crippen LogP contribution in [-0.2, 0) is 5.41 Å². The second kappa shape index (κ2) is 5.94. The quantitative estimate of drug-likeness (QED) is 0.815. The van der Waals surface area contributed by atoms with Gasteiger partial charge in [-0.15, -0.1) is 0 Å². The molecular formula is C16H24N2O2. The van der Waals surface area contributed by atoms with E-state index in [9.17, 15) is 9.90 Å². The first kappa shape index (κ1) is 15.0. The molecule has 0 aromatic heterocycles. The highest BCUT2D eigenvalue weighted by atomic mass is 16.3. The molecule has 0 spiro atoms. The van der Waals surface area contributed by atoms with E-state index in [-0.39, 0.29) is 11.3 Å². The zero-order valence-electron chi connectivity index (χ0n) is 12.5. The predicted octanol–water partition coefficient (Wildman–Crippen LogP) is 1.39. The zero-order chi connectivity index (χ0) is 14.8. The number of hydrogen-bond acceptors (Lipinski definition) is 3. The SMILES string of the molecule is CC(C)(C)c1ccc(C(=O)N2CCNCC(O)C2)cc1. The number of aliphatic hydroxyl groups excluding tert-OH is 1. The molecule has 1 aromatic carbocycles. The molecular weight excluding hydrogens is 252 g/mol. The molecule has 20 heavy (non-hydrogen) atoms. The zero-order valence-corrected chi connectivity index (χ0v) is 12.5. The number of hydrogen-bond donors (Lipinski definition) is 2. The summed E-state index contributed by atoms with van der Waals surface area (Å²) in [6, 6.07) is 7.79. The minimum atomic E-state index is -0.490. The Morgan fingerprint density at radius 2 is 1.95 bits per heavy atom. The first-order valence-electron chi connectivity index (χ1n) is 7.16. The van der Waals surface area contributed by atoms with Crippen LogP contribution in [0.1, 0.15) is 36.7 Å². The van der Waals surface area contributed by atoms with Crippen molar-refractivity contribution in [2.45, 2.75) is 32.3 Å². The maximum Gasteiger partial charge on any atom is 0.253 e. The Morgan fingerprint density at radius 1 is 1.30 bits per heavy atom. The summed E-state index contributed by atoms with van der Waals surface area (Å²) in [5.41, 5.74) is 1.99. The van der Waals surface area contributed by atoms with Crippen molar-refractivity contribution in [2.24, 2.45) is 0 Å². The molecule has 1 amide bonds. The number of carbonyl (C=O) groups is 1. The number of aliphatic hydroxyl groups is 1. The number of benzene rings is 1. The van der Waals surface area contributed by atoms with Crippen LogP contribution in [0.5, 0.6) is 0 Å². The average Bonchev–Trinajstić information content (AvgIpc) is 2.62. The van der Waals surface area contributed by atoms with Crippen LogP contribution >= 0.6 is 0 Å². The van der Waals surface area contributed by atoms with Crippen molar-refractivity contribution in [3.63, 3.8) is 0 Å².